The number of nitrogens with zero attached hydrogens (tertiary/aromatic N) is 3. The third kappa shape index (κ3) is 3.83. The summed E-state index contributed by atoms with van der Waals surface area (Å²) in [6.45, 7) is 10.8. The molecule has 1 aromatic rings. The predicted molar refractivity (Wildman–Crippen MR) is 84.4 cm³/mol. The van der Waals surface area contributed by atoms with E-state index in [1.165, 1.54) is 0 Å². The van der Waals surface area contributed by atoms with Crippen LogP contribution in [0, 0.1) is 5.92 Å². The van der Waals surface area contributed by atoms with E-state index in [0.717, 1.165) is 31.2 Å². The van der Waals surface area contributed by atoms with Gasteiger partial charge in [-0.1, -0.05) is 39.3 Å². The molecule has 0 saturated carbocycles. The Hall–Kier alpha value is -0.870. The number of nitrogens with one attached hydrogen (secondary N) is 1. The molecule has 1 aliphatic heterocycles. The van der Waals surface area contributed by atoms with Gasteiger partial charge in [-0.25, -0.2) is 9.97 Å². The molecular weight excluding hydrogens is 272 g/mol. The highest BCUT2D eigenvalue weighted by molar-refractivity contribution is 6.29. The van der Waals surface area contributed by atoms with Gasteiger partial charge >= 0.3 is 0 Å². The maximum absolute atomic E-state index is 6.13. The van der Waals surface area contributed by atoms with E-state index in [1.807, 2.05) is 6.07 Å². The van der Waals surface area contributed by atoms with Gasteiger partial charge in [0.25, 0.3) is 0 Å². The van der Waals surface area contributed by atoms with Crippen molar-refractivity contribution in [1.29, 1.82) is 0 Å². The lowest BCUT2D eigenvalue weighted by Crippen LogP contribution is -2.43. The van der Waals surface area contributed by atoms with Gasteiger partial charge in [0.15, 0.2) is 0 Å². The first-order valence-electron chi connectivity index (χ1n) is 7.26. The van der Waals surface area contributed by atoms with Crippen LogP contribution in [0.4, 0.5) is 5.82 Å². The highest BCUT2D eigenvalue weighted by Crippen LogP contribution is 2.24. The summed E-state index contributed by atoms with van der Waals surface area (Å²) in [6.07, 6.45) is 1.13. The maximum Gasteiger partial charge on any atom is 0.137 e. The molecule has 112 valence electrons. The molecule has 0 spiro atoms. The lowest BCUT2D eigenvalue weighted by Gasteiger charge is -2.35. The summed E-state index contributed by atoms with van der Waals surface area (Å²) in [5.74, 6) is 2.23. The summed E-state index contributed by atoms with van der Waals surface area (Å²) in [5, 5.41) is 4.05. The van der Waals surface area contributed by atoms with E-state index >= 15 is 0 Å². The molecule has 0 aromatic carbocycles. The van der Waals surface area contributed by atoms with Gasteiger partial charge in [-0.05, 0) is 25.9 Å². The smallest absolute Gasteiger partial charge is 0.137 e. The Balaban J connectivity index is 2.15. The lowest BCUT2D eigenvalue weighted by atomic mass is 9.94. The molecule has 1 aliphatic rings. The molecule has 1 saturated heterocycles. The molecule has 5 heteroatoms. The largest absolute Gasteiger partial charge is 0.367 e. The fraction of sp³-hybridized carbons (Fsp3) is 0.733. The van der Waals surface area contributed by atoms with Gasteiger partial charge < -0.3 is 10.2 Å². The number of anilines is 1. The summed E-state index contributed by atoms with van der Waals surface area (Å²) in [5.41, 5.74) is -0.0975. The van der Waals surface area contributed by atoms with Gasteiger partial charge in [0.05, 0.1) is 0 Å². The molecule has 0 amide bonds. The molecule has 1 aromatic heterocycles. The van der Waals surface area contributed by atoms with Crippen molar-refractivity contribution in [1.82, 2.24) is 14.9 Å². The molecule has 1 fully saturated rings. The lowest BCUT2D eigenvalue weighted by molar-refractivity contribution is 0.206. The number of rotatable bonds is 2. The zero-order valence-corrected chi connectivity index (χ0v) is 13.8. The Bertz CT molecular complexity index is 469. The van der Waals surface area contributed by atoms with Gasteiger partial charge in [0.1, 0.15) is 16.8 Å². The minimum Gasteiger partial charge on any atom is -0.367 e. The van der Waals surface area contributed by atoms with Gasteiger partial charge in [0, 0.05) is 24.1 Å². The minimum absolute atomic E-state index is 0.0975. The van der Waals surface area contributed by atoms with Crippen LogP contribution in [0.5, 0.6) is 0 Å². The summed E-state index contributed by atoms with van der Waals surface area (Å²) < 4.78 is 0. The maximum atomic E-state index is 6.13. The minimum atomic E-state index is -0.0975. The molecule has 0 radical (unpaired) electrons. The van der Waals surface area contributed by atoms with Crippen molar-refractivity contribution < 1.29 is 0 Å². The Morgan fingerprint density at radius 1 is 1.35 bits per heavy atom. The molecule has 20 heavy (non-hydrogen) atoms. The summed E-state index contributed by atoms with van der Waals surface area (Å²) in [4.78, 5) is 11.3. The van der Waals surface area contributed by atoms with E-state index in [4.69, 9.17) is 11.6 Å². The first-order valence-corrected chi connectivity index (χ1v) is 7.63. The fourth-order valence-corrected chi connectivity index (χ4v) is 2.77. The number of halogens is 1. The van der Waals surface area contributed by atoms with Crippen LogP contribution < -0.4 is 5.32 Å². The Kier molecular flexibility index (Phi) is 4.55. The molecule has 2 heterocycles. The van der Waals surface area contributed by atoms with Crippen molar-refractivity contribution in [2.24, 2.45) is 5.92 Å². The second-order valence-electron chi connectivity index (χ2n) is 6.93. The van der Waals surface area contributed by atoms with Gasteiger partial charge in [-0.3, -0.25) is 0 Å². The normalized spacial score (nSPS) is 24.7. The molecule has 0 bridgehead atoms. The van der Waals surface area contributed by atoms with Crippen LogP contribution in [-0.4, -0.2) is 41.0 Å². The molecule has 4 nitrogen and oxygen atoms in total. The average molecular weight is 297 g/mol. The zero-order valence-electron chi connectivity index (χ0n) is 13.1. The van der Waals surface area contributed by atoms with Crippen molar-refractivity contribution in [3.05, 3.63) is 17.0 Å². The molecule has 0 aliphatic carbocycles. The SMILES string of the molecule is CC1CN(C)CCC1Nc1cc(Cl)nc(C(C)(C)C)n1. The fourth-order valence-electron chi connectivity index (χ4n) is 2.59. The van der Waals surface area contributed by atoms with Crippen molar-refractivity contribution in [2.75, 3.05) is 25.5 Å². The van der Waals surface area contributed by atoms with E-state index in [9.17, 15) is 0 Å². The van der Waals surface area contributed by atoms with Gasteiger partial charge in [-0.2, -0.15) is 0 Å². The second kappa shape index (κ2) is 5.86. The highest BCUT2D eigenvalue weighted by atomic mass is 35.5. The zero-order chi connectivity index (χ0) is 14.9. The first kappa shape index (κ1) is 15.5. The van der Waals surface area contributed by atoms with Crippen LogP contribution in [0.2, 0.25) is 5.15 Å². The van der Waals surface area contributed by atoms with E-state index in [0.29, 0.717) is 17.1 Å². The molecular formula is C15H25ClN4. The average Bonchev–Trinajstić information content (AvgIpc) is 2.31. The van der Waals surface area contributed by atoms with Gasteiger partial charge in [0.2, 0.25) is 0 Å². The van der Waals surface area contributed by atoms with Crippen LogP contribution in [0.25, 0.3) is 0 Å². The monoisotopic (exact) mass is 296 g/mol. The van der Waals surface area contributed by atoms with Crippen LogP contribution in [0.15, 0.2) is 6.07 Å². The Morgan fingerprint density at radius 2 is 2.05 bits per heavy atom. The molecule has 2 unspecified atom stereocenters. The quantitative estimate of drug-likeness (QED) is 0.851. The number of hydrogen-bond acceptors (Lipinski definition) is 4. The predicted octanol–water partition coefficient (Wildman–Crippen LogP) is 3.18. The summed E-state index contributed by atoms with van der Waals surface area (Å²) in [6, 6.07) is 2.27. The Labute approximate surface area is 126 Å². The van der Waals surface area contributed by atoms with Gasteiger partial charge in [-0.15, -0.1) is 0 Å². The number of likely N-dealkylation sites (tertiary alicyclic amines) is 1. The Morgan fingerprint density at radius 3 is 2.65 bits per heavy atom. The topological polar surface area (TPSA) is 41.0 Å². The molecule has 2 rings (SSSR count). The standard InChI is InChI=1S/C15H25ClN4/c1-10-9-20(5)7-6-11(10)17-13-8-12(16)18-14(19-13)15(2,3)4/h8,10-11H,6-7,9H2,1-5H3,(H,17,18,19). The van der Waals surface area contributed by atoms with E-state index in [1.54, 1.807) is 0 Å². The summed E-state index contributed by atoms with van der Waals surface area (Å²) >= 11 is 6.13. The van der Waals surface area contributed by atoms with Crippen molar-refractivity contribution in [2.45, 2.75) is 45.6 Å². The highest BCUT2D eigenvalue weighted by Gasteiger charge is 2.25. The van der Waals surface area contributed by atoms with E-state index in [2.05, 4.69) is 54.9 Å². The second-order valence-corrected chi connectivity index (χ2v) is 7.32. The van der Waals surface area contributed by atoms with Crippen LogP contribution >= 0.6 is 11.6 Å². The van der Waals surface area contributed by atoms with E-state index < -0.39 is 0 Å². The number of piperidine rings is 1. The van der Waals surface area contributed by atoms with Crippen LogP contribution in [0.3, 0.4) is 0 Å². The van der Waals surface area contributed by atoms with Crippen molar-refractivity contribution in [3.63, 3.8) is 0 Å². The summed E-state index contributed by atoms with van der Waals surface area (Å²) in [7, 11) is 2.17. The molecule has 1 N–H and O–H groups in total. The van der Waals surface area contributed by atoms with Crippen molar-refractivity contribution >= 4 is 17.4 Å². The van der Waals surface area contributed by atoms with Crippen LogP contribution in [0.1, 0.15) is 39.9 Å². The first-order chi connectivity index (χ1) is 9.25. The van der Waals surface area contributed by atoms with Crippen LogP contribution in [-0.2, 0) is 5.41 Å². The third-order valence-electron chi connectivity index (χ3n) is 3.81. The molecule has 2 atom stereocenters. The van der Waals surface area contributed by atoms with Crippen molar-refractivity contribution in [3.8, 4) is 0 Å². The van der Waals surface area contributed by atoms with E-state index in [-0.39, 0.29) is 5.41 Å². The third-order valence-corrected chi connectivity index (χ3v) is 4.00. The number of aromatic nitrogens is 2. The number of hydrogen-bond donors (Lipinski definition) is 1.